The van der Waals surface area contributed by atoms with Crippen LogP contribution in [0.1, 0.15) is 46.4 Å². The summed E-state index contributed by atoms with van der Waals surface area (Å²) in [6.45, 7) is 8.37. The second-order valence-electron chi connectivity index (χ2n) is 5.30. The zero-order chi connectivity index (χ0) is 13.8. The summed E-state index contributed by atoms with van der Waals surface area (Å²) in [6.07, 6.45) is 7.48. The normalized spacial score (nSPS) is 12.9. The van der Waals surface area contributed by atoms with E-state index in [2.05, 4.69) is 64.8 Å². The monoisotopic (exact) mass is 309 g/mol. The van der Waals surface area contributed by atoms with Gasteiger partial charge in [0.05, 0.1) is 6.04 Å². The minimum atomic E-state index is -0.0867. The van der Waals surface area contributed by atoms with Crippen LogP contribution in [0.15, 0.2) is 10.7 Å². The molecule has 4 heteroatoms. The lowest BCUT2D eigenvalue weighted by Gasteiger charge is -2.19. The maximum Gasteiger partial charge on any atom is 0.137 e. The van der Waals surface area contributed by atoms with Crippen LogP contribution in [0.2, 0.25) is 0 Å². The van der Waals surface area contributed by atoms with Crippen molar-refractivity contribution in [3.63, 3.8) is 0 Å². The van der Waals surface area contributed by atoms with Crippen LogP contribution in [-0.2, 0) is 5.41 Å². The maximum absolute atomic E-state index is 5.50. The molecule has 18 heavy (non-hydrogen) atoms. The van der Waals surface area contributed by atoms with Crippen LogP contribution in [-0.4, -0.2) is 16.0 Å². The first-order valence-corrected chi connectivity index (χ1v) is 6.94. The van der Waals surface area contributed by atoms with Gasteiger partial charge in [0, 0.05) is 11.5 Å². The Morgan fingerprint density at radius 1 is 1.44 bits per heavy atom. The van der Waals surface area contributed by atoms with Gasteiger partial charge in [0.15, 0.2) is 0 Å². The molecule has 0 radical (unpaired) electrons. The Balaban J connectivity index is 2.97. The smallest absolute Gasteiger partial charge is 0.137 e. The molecule has 1 rings (SSSR count). The average Bonchev–Trinajstić information content (AvgIpc) is 2.26. The van der Waals surface area contributed by atoms with Gasteiger partial charge in [-0.25, -0.2) is 9.97 Å². The Labute approximate surface area is 118 Å². The van der Waals surface area contributed by atoms with Crippen LogP contribution >= 0.6 is 15.9 Å². The number of halogens is 1. The van der Waals surface area contributed by atoms with E-state index in [0.717, 1.165) is 29.1 Å². The Morgan fingerprint density at radius 2 is 2.11 bits per heavy atom. The van der Waals surface area contributed by atoms with E-state index in [9.17, 15) is 0 Å². The maximum atomic E-state index is 5.50. The van der Waals surface area contributed by atoms with Crippen molar-refractivity contribution in [2.45, 2.75) is 52.0 Å². The molecule has 1 heterocycles. The molecule has 3 nitrogen and oxygen atoms in total. The highest BCUT2D eigenvalue weighted by Crippen LogP contribution is 2.23. The molecule has 0 spiro atoms. The third kappa shape index (κ3) is 4.30. The van der Waals surface area contributed by atoms with Gasteiger partial charge in [0.25, 0.3) is 0 Å². The van der Waals surface area contributed by atoms with Gasteiger partial charge in [-0.2, -0.15) is 0 Å². The van der Waals surface area contributed by atoms with Crippen LogP contribution in [0.25, 0.3) is 0 Å². The van der Waals surface area contributed by atoms with E-state index >= 15 is 0 Å². The third-order valence-electron chi connectivity index (χ3n) is 2.47. The number of anilines is 1. The molecule has 0 saturated heterocycles. The van der Waals surface area contributed by atoms with E-state index < -0.39 is 0 Å². The van der Waals surface area contributed by atoms with Crippen molar-refractivity contribution < 1.29 is 0 Å². The minimum absolute atomic E-state index is 0.0182. The van der Waals surface area contributed by atoms with Crippen LogP contribution in [0.5, 0.6) is 0 Å². The predicted molar refractivity (Wildman–Crippen MR) is 79.6 cm³/mol. The van der Waals surface area contributed by atoms with Gasteiger partial charge in [-0.1, -0.05) is 40.0 Å². The quantitative estimate of drug-likeness (QED) is 0.680. The second-order valence-corrected chi connectivity index (χ2v) is 6.11. The highest BCUT2D eigenvalue weighted by molar-refractivity contribution is 9.10. The van der Waals surface area contributed by atoms with Gasteiger partial charge in [0.1, 0.15) is 16.2 Å². The Morgan fingerprint density at radius 3 is 2.61 bits per heavy atom. The van der Waals surface area contributed by atoms with Gasteiger partial charge in [-0.3, -0.25) is 0 Å². The summed E-state index contributed by atoms with van der Waals surface area (Å²) in [7, 11) is 0. The lowest BCUT2D eigenvalue weighted by molar-refractivity contribution is 0.543. The lowest BCUT2D eigenvalue weighted by atomic mass is 9.96. The van der Waals surface area contributed by atoms with E-state index in [4.69, 9.17) is 6.42 Å². The number of hydrogen-bond donors (Lipinski definition) is 1. The largest absolute Gasteiger partial charge is 0.356 e. The molecule has 1 aromatic rings. The van der Waals surface area contributed by atoms with Crippen LogP contribution in [0, 0.1) is 12.3 Å². The Bertz CT molecular complexity index is 443. The van der Waals surface area contributed by atoms with Crippen molar-refractivity contribution in [1.82, 2.24) is 9.97 Å². The molecule has 0 amide bonds. The fourth-order valence-corrected chi connectivity index (χ4v) is 1.88. The number of nitrogens with zero attached hydrogens (tertiary/aromatic N) is 2. The van der Waals surface area contributed by atoms with E-state index in [-0.39, 0.29) is 11.5 Å². The van der Waals surface area contributed by atoms with Crippen LogP contribution in [0.3, 0.4) is 0 Å². The number of hydrogen-bond acceptors (Lipinski definition) is 3. The minimum Gasteiger partial charge on any atom is -0.356 e. The fourth-order valence-electron chi connectivity index (χ4n) is 1.49. The summed E-state index contributed by atoms with van der Waals surface area (Å²) in [5.74, 6) is 4.32. The summed E-state index contributed by atoms with van der Waals surface area (Å²) >= 11 is 3.41. The molecule has 1 unspecified atom stereocenters. The summed E-state index contributed by atoms with van der Waals surface area (Å²) in [5.41, 5.74) is -0.0867. The summed E-state index contributed by atoms with van der Waals surface area (Å²) < 4.78 is 0.775. The van der Waals surface area contributed by atoms with E-state index in [1.165, 1.54) is 0 Å². The van der Waals surface area contributed by atoms with Crippen molar-refractivity contribution in [2.24, 2.45) is 0 Å². The molecule has 0 fully saturated rings. The SMILES string of the molecule is C#CC(CCC)Nc1cc(Br)nc(C(C)(C)C)n1. The topological polar surface area (TPSA) is 37.8 Å². The highest BCUT2D eigenvalue weighted by atomic mass is 79.9. The predicted octanol–water partition coefficient (Wildman–Crippen LogP) is 3.75. The number of aromatic nitrogens is 2. The molecule has 0 bridgehead atoms. The van der Waals surface area contributed by atoms with Gasteiger partial charge in [0.2, 0.25) is 0 Å². The summed E-state index contributed by atoms with van der Waals surface area (Å²) in [6, 6.07) is 1.87. The third-order valence-corrected chi connectivity index (χ3v) is 2.87. The molecular weight excluding hydrogens is 290 g/mol. The first-order valence-electron chi connectivity index (χ1n) is 6.14. The molecule has 0 aliphatic carbocycles. The molecule has 0 aliphatic rings. The number of nitrogens with one attached hydrogen (secondary N) is 1. The van der Waals surface area contributed by atoms with Crippen molar-refractivity contribution in [3.05, 3.63) is 16.5 Å². The fraction of sp³-hybridized carbons (Fsp3) is 0.571. The number of terminal acetylenes is 1. The highest BCUT2D eigenvalue weighted by Gasteiger charge is 2.19. The Hall–Kier alpha value is -1.08. The van der Waals surface area contributed by atoms with Crippen molar-refractivity contribution in [3.8, 4) is 12.3 Å². The van der Waals surface area contributed by atoms with E-state index in [1.54, 1.807) is 0 Å². The summed E-state index contributed by atoms with van der Waals surface area (Å²) in [5, 5.41) is 3.27. The van der Waals surface area contributed by atoms with Crippen molar-refractivity contribution >= 4 is 21.7 Å². The van der Waals surface area contributed by atoms with Crippen LogP contribution < -0.4 is 5.32 Å². The summed E-state index contributed by atoms with van der Waals surface area (Å²) in [4.78, 5) is 8.93. The first kappa shape index (κ1) is 15.0. The molecule has 1 aromatic heterocycles. The molecule has 98 valence electrons. The van der Waals surface area contributed by atoms with Gasteiger partial charge in [-0.15, -0.1) is 6.42 Å². The van der Waals surface area contributed by atoms with E-state index in [0.29, 0.717) is 0 Å². The lowest BCUT2D eigenvalue weighted by Crippen LogP contribution is -2.21. The number of rotatable bonds is 4. The average molecular weight is 310 g/mol. The molecular formula is C14H20BrN3. The second kappa shape index (κ2) is 6.19. The molecule has 0 aliphatic heterocycles. The van der Waals surface area contributed by atoms with Crippen molar-refractivity contribution in [2.75, 3.05) is 5.32 Å². The molecule has 0 aromatic carbocycles. The standard InChI is InChI=1S/C14H20BrN3/c1-6-8-10(7-2)16-12-9-11(15)17-13(18-12)14(3,4)5/h2,9-10H,6,8H2,1,3-5H3,(H,16,17,18). The Kier molecular flexibility index (Phi) is 5.15. The molecule has 1 atom stereocenters. The zero-order valence-electron chi connectivity index (χ0n) is 11.4. The van der Waals surface area contributed by atoms with Gasteiger partial charge >= 0.3 is 0 Å². The zero-order valence-corrected chi connectivity index (χ0v) is 13.0. The van der Waals surface area contributed by atoms with Crippen molar-refractivity contribution in [1.29, 1.82) is 0 Å². The molecule has 0 saturated carbocycles. The van der Waals surface area contributed by atoms with Gasteiger partial charge < -0.3 is 5.32 Å². The van der Waals surface area contributed by atoms with Gasteiger partial charge in [-0.05, 0) is 22.4 Å². The van der Waals surface area contributed by atoms with E-state index in [1.807, 2.05) is 6.07 Å². The van der Waals surface area contributed by atoms with Crippen LogP contribution in [0.4, 0.5) is 5.82 Å². The first-order chi connectivity index (χ1) is 8.36. The molecule has 1 N–H and O–H groups in total.